The van der Waals surface area contributed by atoms with E-state index in [1.807, 2.05) is 6.92 Å². The maximum atomic E-state index is 12.3. The van der Waals surface area contributed by atoms with Crippen molar-refractivity contribution in [3.05, 3.63) is 41.5 Å². The van der Waals surface area contributed by atoms with Crippen LogP contribution in [0.2, 0.25) is 0 Å². The summed E-state index contributed by atoms with van der Waals surface area (Å²) in [4.78, 5) is 4.56. The van der Waals surface area contributed by atoms with Crippen LogP contribution in [0.3, 0.4) is 0 Å². The van der Waals surface area contributed by atoms with Gasteiger partial charge in [-0.3, -0.25) is 0 Å². The van der Waals surface area contributed by atoms with Crippen LogP contribution in [0.15, 0.2) is 33.7 Å². The van der Waals surface area contributed by atoms with Gasteiger partial charge < -0.3 is 9.26 Å². The van der Waals surface area contributed by atoms with Crippen LogP contribution >= 0.6 is 0 Å². The van der Waals surface area contributed by atoms with Crippen LogP contribution in [-0.4, -0.2) is 30.9 Å². The molecule has 7 heteroatoms. The van der Waals surface area contributed by atoms with Gasteiger partial charge in [0.05, 0.1) is 10.6 Å². The van der Waals surface area contributed by atoms with E-state index in [4.69, 9.17) is 9.26 Å². The van der Waals surface area contributed by atoms with Crippen LogP contribution in [0.1, 0.15) is 36.2 Å². The first kappa shape index (κ1) is 15.2. The number of hydrogen-bond donors (Lipinski definition) is 0. The van der Waals surface area contributed by atoms with Crippen LogP contribution in [0.5, 0.6) is 0 Å². The third-order valence-corrected chi connectivity index (χ3v) is 5.40. The van der Waals surface area contributed by atoms with Gasteiger partial charge in [-0.2, -0.15) is 4.98 Å². The van der Waals surface area contributed by atoms with Crippen molar-refractivity contribution in [1.29, 1.82) is 0 Å². The highest BCUT2D eigenvalue weighted by Crippen LogP contribution is 2.27. The molecule has 1 atom stereocenters. The molecular formula is C15H18N2O4S. The molecule has 1 saturated heterocycles. The number of aryl methyl sites for hydroxylation is 2. The van der Waals surface area contributed by atoms with Crippen molar-refractivity contribution in [2.24, 2.45) is 0 Å². The molecule has 22 heavy (non-hydrogen) atoms. The summed E-state index contributed by atoms with van der Waals surface area (Å²) in [6.45, 7) is 2.62. The molecule has 0 radical (unpaired) electrons. The highest BCUT2D eigenvalue weighted by atomic mass is 32.2. The van der Waals surface area contributed by atoms with Gasteiger partial charge in [0.25, 0.3) is 5.89 Å². The molecule has 0 N–H and O–H groups in total. The van der Waals surface area contributed by atoms with Crippen LogP contribution in [0, 0.1) is 6.92 Å². The monoisotopic (exact) mass is 322 g/mol. The van der Waals surface area contributed by atoms with Crippen LogP contribution in [0.4, 0.5) is 0 Å². The molecule has 118 valence electrons. The molecule has 1 aliphatic rings. The van der Waals surface area contributed by atoms with E-state index in [0.29, 0.717) is 23.2 Å². The molecule has 6 nitrogen and oxygen atoms in total. The number of hydrogen-bond acceptors (Lipinski definition) is 6. The van der Waals surface area contributed by atoms with Gasteiger partial charge in [-0.15, -0.1) is 0 Å². The predicted octanol–water partition coefficient (Wildman–Crippen LogP) is 2.25. The molecule has 2 heterocycles. The lowest BCUT2D eigenvalue weighted by Gasteiger charge is -2.03. The number of sulfone groups is 1. The fraction of sp³-hybridized carbons (Fsp3) is 0.467. The van der Waals surface area contributed by atoms with Crippen molar-refractivity contribution in [2.45, 2.75) is 37.2 Å². The Balaban J connectivity index is 1.65. The van der Waals surface area contributed by atoms with Crippen molar-refractivity contribution >= 4 is 9.84 Å². The number of aromatic nitrogens is 2. The number of nitrogens with zero attached hydrogens (tertiary/aromatic N) is 2. The predicted molar refractivity (Wildman–Crippen MR) is 79.2 cm³/mol. The van der Waals surface area contributed by atoms with Gasteiger partial charge in [-0.05, 0) is 31.9 Å². The Kier molecular flexibility index (Phi) is 4.26. The Bertz CT molecular complexity index is 731. The van der Waals surface area contributed by atoms with Crippen molar-refractivity contribution in [2.75, 3.05) is 12.4 Å². The summed E-state index contributed by atoms with van der Waals surface area (Å²) < 4.78 is 35.2. The van der Waals surface area contributed by atoms with E-state index in [1.54, 1.807) is 24.3 Å². The Labute approximate surface area is 129 Å². The summed E-state index contributed by atoms with van der Waals surface area (Å²) in [5.41, 5.74) is 1.03. The molecule has 0 spiro atoms. The summed E-state index contributed by atoms with van der Waals surface area (Å²) in [5.74, 6) is 0.807. The Morgan fingerprint density at radius 1 is 1.27 bits per heavy atom. The molecule has 0 bridgehead atoms. The smallest absolute Gasteiger partial charge is 0.255 e. The maximum Gasteiger partial charge on any atom is 0.255 e. The topological polar surface area (TPSA) is 82.3 Å². The zero-order valence-electron chi connectivity index (χ0n) is 12.4. The summed E-state index contributed by atoms with van der Waals surface area (Å²) in [7, 11) is -3.34. The molecular weight excluding hydrogens is 304 g/mol. The molecule has 1 fully saturated rings. The fourth-order valence-corrected chi connectivity index (χ4v) is 3.60. The van der Waals surface area contributed by atoms with Gasteiger partial charge in [0.15, 0.2) is 15.7 Å². The molecule has 0 unspecified atom stereocenters. The molecule has 0 aliphatic carbocycles. The van der Waals surface area contributed by atoms with E-state index >= 15 is 0 Å². The largest absolute Gasteiger partial charge is 0.368 e. The first-order chi connectivity index (χ1) is 10.5. The van der Waals surface area contributed by atoms with Crippen LogP contribution in [-0.2, 0) is 21.0 Å². The van der Waals surface area contributed by atoms with Crippen LogP contribution < -0.4 is 0 Å². The summed E-state index contributed by atoms with van der Waals surface area (Å²) in [5, 5.41) is 3.84. The molecule has 1 aliphatic heterocycles. The molecule has 1 aromatic heterocycles. The number of benzene rings is 1. The fourth-order valence-electron chi connectivity index (χ4n) is 2.36. The Hall–Kier alpha value is -1.73. The van der Waals surface area contributed by atoms with E-state index < -0.39 is 9.84 Å². The molecule has 0 amide bonds. The summed E-state index contributed by atoms with van der Waals surface area (Å²) in [6.07, 6.45) is 1.93. The quantitative estimate of drug-likeness (QED) is 0.839. The Morgan fingerprint density at radius 2 is 2.05 bits per heavy atom. The summed E-state index contributed by atoms with van der Waals surface area (Å²) >= 11 is 0. The standard InChI is InChI=1S/C15H18N2O4S/c1-11-4-6-12(7-5-11)22(18,19)10-8-14-16-15(21-17-14)13-3-2-9-20-13/h4-7,13H,2-3,8-10H2,1H3/t13-/m0/s1. The molecule has 1 aromatic carbocycles. The average Bonchev–Trinajstić information content (AvgIpc) is 3.17. The zero-order chi connectivity index (χ0) is 15.6. The molecule has 0 saturated carbocycles. The molecule has 3 rings (SSSR count). The van der Waals surface area contributed by atoms with Crippen molar-refractivity contribution in [3.8, 4) is 0 Å². The third-order valence-electron chi connectivity index (χ3n) is 3.66. The lowest BCUT2D eigenvalue weighted by Crippen LogP contribution is -2.10. The summed E-state index contributed by atoms with van der Waals surface area (Å²) in [6, 6.07) is 6.82. The lowest BCUT2D eigenvalue weighted by molar-refractivity contribution is 0.0835. The van der Waals surface area contributed by atoms with E-state index in [1.165, 1.54) is 0 Å². The first-order valence-corrected chi connectivity index (χ1v) is 8.93. The first-order valence-electron chi connectivity index (χ1n) is 7.28. The highest BCUT2D eigenvalue weighted by Gasteiger charge is 2.24. The van der Waals surface area contributed by atoms with Gasteiger partial charge >= 0.3 is 0 Å². The van der Waals surface area contributed by atoms with Gasteiger partial charge in [0, 0.05) is 13.0 Å². The van der Waals surface area contributed by atoms with Crippen molar-refractivity contribution < 1.29 is 17.7 Å². The van der Waals surface area contributed by atoms with E-state index in [2.05, 4.69) is 10.1 Å². The van der Waals surface area contributed by atoms with Crippen molar-refractivity contribution in [3.63, 3.8) is 0 Å². The van der Waals surface area contributed by atoms with Crippen LogP contribution in [0.25, 0.3) is 0 Å². The van der Waals surface area contributed by atoms with E-state index in [0.717, 1.165) is 18.4 Å². The van der Waals surface area contributed by atoms with Gasteiger partial charge in [0.2, 0.25) is 0 Å². The zero-order valence-corrected chi connectivity index (χ0v) is 13.2. The second-order valence-electron chi connectivity index (χ2n) is 5.43. The van der Waals surface area contributed by atoms with E-state index in [9.17, 15) is 8.42 Å². The minimum atomic E-state index is -3.34. The highest BCUT2D eigenvalue weighted by molar-refractivity contribution is 7.91. The minimum Gasteiger partial charge on any atom is -0.368 e. The second-order valence-corrected chi connectivity index (χ2v) is 7.54. The van der Waals surface area contributed by atoms with E-state index in [-0.39, 0.29) is 18.3 Å². The maximum absolute atomic E-state index is 12.3. The van der Waals surface area contributed by atoms with Gasteiger partial charge in [0.1, 0.15) is 6.10 Å². The van der Waals surface area contributed by atoms with Crippen molar-refractivity contribution in [1.82, 2.24) is 10.1 Å². The second kappa shape index (κ2) is 6.18. The van der Waals surface area contributed by atoms with Gasteiger partial charge in [-0.25, -0.2) is 8.42 Å². The van der Waals surface area contributed by atoms with Gasteiger partial charge in [-0.1, -0.05) is 22.9 Å². The third kappa shape index (κ3) is 3.36. The number of rotatable bonds is 5. The normalized spacial score (nSPS) is 18.7. The SMILES string of the molecule is Cc1ccc(S(=O)(=O)CCc2noc([C@@H]3CCCO3)n2)cc1. The minimum absolute atomic E-state index is 0.0411. The lowest BCUT2D eigenvalue weighted by atomic mass is 10.2. The number of ether oxygens (including phenoxy) is 1. The Morgan fingerprint density at radius 3 is 2.73 bits per heavy atom. The average molecular weight is 322 g/mol. The molecule has 2 aromatic rings.